The first kappa shape index (κ1) is 15.4. The van der Waals surface area contributed by atoms with Crippen LogP contribution < -0.4 is 0 Å². The van der Waals surface area contributed by atoms with Gasteiger partial charge in [0.1, 0.15) is 6.10 Å². The summed E-state index contributed by atoms with van der Waals surface area (Å²) in [5.74, 6) is 1.96. The summed E-state index contributed by atoms with van der Waals surface area (Å²) in [6, 6.07) is 10.3. The van der Waals surface area contributed by atoms with Crippen LogP contribution in [0.2, 0.25) is 0 Å². The van der Waals surface area contributed by atoms with E-state index in [9.17, 15) is 4.79 Å². The minimum atomic E-state index is -0.140. The molecule has 124 valence electrons. The number of hydrogen-bond donors (Lipinski definition) is 0. The Morgan fingerprint density at radius 1 is 1.12 bits per heavy atom. The Kier molecular flexibility index (Phi) is 4.13. The molecule has 4 rings (SSSR count). The summed E-state index contributed by atoms with van der Waals surface area (Å²) in [5.41, 5.74) is 2.41. The number of ether oxygens (including phenoxy) is 1. The lowest BCUT2D eigenvalue weighted by Crippen LogP contribution is -2.26. The Bertz CT molecular complexity index is 698. The number of hydrogen-bond acceptors (Lipinski definition) is 2. The zero-order chi connectivity index (χ0) is 16.5. The molecule has 5 unspecified atom stereocenters. The third-order valence-corrected chi connectivity index (χ3v) is 5.65. The lowest BCUT2D eigenvalue weighted by atomic mass is 9.90. The van der Waals surface area contributed by atoms with Crippen molar-refractivity contribution in [3.8, 4) is 0 Å². The van der Waals surface area contributed by atoms with Gasteiger partial charge in [-0.15, -0.1) is 0 Å². The summed E-state index contributed by atoms with van der Waals surface area (Å²) in [6.07, 6.45) is 13.7. The third-order valence-electron chi connectivity index (χ3n) is 5.65. The summed E-state index contributed by atoms with van der Waals surface area (Å²) in [7, 11) is 0. The Hall–Kier alpha value is -2.09. The Balaban J connectivity index is 1.35. The smallest absolute Gasteiger partial charge is 0.306 e. The van der Waals surface area contributed by atoms with Gasteiger partial charge in [-0.1, -0.05) is 61.6 Å². The van der Waals surface area contributed by atoms with E-state index in [1.807, 2.05) is 24.3 Å². The number of esters is 1. The summed E-state index contributed by atoms with van der Waals surface area (Å²) in [4.78, 5) is 12.3. The first-order valence-electron chi connectivity index (χ1n) is 9.02. The van der Waals surface area contributed by atoms with E-state index in [0.717, 1.165) is 6.42 Å². The molecular formula is C22H24O2. The lowest BCUT2D eigenvalue weighted by molar-refractivity contribution is -0.149. The number of rotatable bonds is 4. The van der Waals surface area contributed by atoms with E-state index < -0.39 is 0 Å². The molecule has 0 aliphatic heterocycles. The zero-order valence-electron chi connectivity index (χ0n) is 14.1. The number of benzene rings is 1. The summed E-state index contributed by atoms with van der Waals surface area (Å²) < 4.78 is 5.76. The number of fused-ring (bicyclic) bond motifs is 2. The Morgan fingerprint density at radius 2 is 1.96 bits per heavy atom. The maximum Gasteiger partial charge on any atom is 0.306 e. The predicted octanol–water partition coefficient (Wildman–Crippen LogP) is 4.79. The third kappa shape index (κ3) is 3.10. The van der Waals surface area contributed by atoms with Crippen molar-refractivity contribution in [1.29, 1.82) is 0 Å². The van der Waals surface area contributed by atoms with Crippen LogP contribution >= 0.6 is 0 Å². The fourth-order valence-electron chi connectivity index (χ4n) is 4.32. The molecule has 2 nitrogen and oxygen atoms in total. The minimum absolute atomic E-state index is 0.0426. The zero-order valence-corrected chi connectivity index (χ0v) is 14.1. The van der Waals surface area contributed by atoms with Crippen molar-refractivity contribution in [2.75, 3.05) is 0 Å². The van der Waals surface area contributed by atoms with E-state index in [0.29, 0.717) is 24.2 Å². The minimum Gasteiger partial charge on any atom is -0.457 e. The molecule has 0 saturated heterocycles. The summed E-state index contributed by atoms with van der Waals surface area (Å²) in [6.45, 7) is 2.12. The van der Waals surface area contributed by atoms with Crippen molar-refractivity contribution in [1.82, 2.24) is 0 Å². The van der Waals surface area contributed by atoms with Crippen LogP contribution in [-0.4, -0.2) is 12.1 Å². The van der Waals surface area contributed by atoms with Crippen molar-refractivity contribution in [3.63, 3.8) is 0 Å². The van der Waals surface area contributed by atoms with Crippen LogP contribution in [-0.2, 0) is 9.53 Å². The van der Waals surface area contributed by atoms with Gasteiger partial charge in [0.2, 0.25) is 0 Å². The predicted molar refractivity (Wildman–Crippen MR) is 96.1 cm³/mol. The van der Waals surface area contributed by atoms with Crippen molar-refractivity contribution >= 4 is 11.5 Å². The fourth-order valence-corrected chi connectivity index (χ4v) is 4.32. The maximum absolute atomic E-state index is 12.3. The number of allylic oxidation sites excluding steroid dienone is 4. The van der Waals surface area contributed by atoms with Gasteiger partial charge in [-0.2, -0.15) is 0 Å². The molecule has 2 bridgehead atoms. The molecule has 3 aliphatic carbocycles. The standard InChI is InChI=1S/C22H24O2/c1-15-11-18(17-5-3-2-4-6-17)9-10-21(15)24-22(23)14-20-13-16-7-8-19(20)12-16/h2-11,15-16,19-21H,12-14H2,1H3. The molecule has 1 saturated carbocycles. The van der Waals surface area contributed by atoms with E-state index in [1.165, 1.54) is 17.6 Å². The lowest BCUT2D eigenvalue weighted by Gasteiger charge is -2.25. The van der Waals surface area contributed by atoms with Crippen LogP contribution in [0.15, 0.2) is 60.7 Å². The number of carbonyl (C=O) groups is 1. The molecule has 0 aromatic heterocycles. The van der Waals surface area contributed by atoms with E-state index in [1.54, 1.807) is 0 Å². The largest absolute Gasteiger partial charge is 0.457 e. The van der Waals surface area contributed by atoms with Gasteiger partial charge < -0.3 is 4.74 Å². The second-order valence-corrected chi connectivity index (χ2v) is 7.41. The molecule has 0 spiro atoms. The van der Waals surface area contributed by atoms with Gasteiger partial charge >= 0.3 is 5.97 Å². The highest BCUT2D eigenvalue weighted by molar-refractivity contribution is 5.76. The van der Waals surface area contributed by atoms with Crippen molar-refractivity contribution in [2.45, 2.75) is 32.3 Å². The molecule has 1 aromatic rings. The molecule has 1 fully saturated rings. The van der Waals surface area contributed by atoms with E-state index >= 15 is 0 Å². The van der Waals surface area contributed by atoms with Gasteiger partial charge in [0.05, 0.1) is 0 Å². The van der Waals surface area contributed by atoms with E-state index in [-0.39, 0.29) is 18.0 Å². The maximum atomic E-state index is 12.3. The molecule has 3 aliphatic rings. The van der Waals surface area contributed by atoms with Crippen molar-refractivity contribution in [3.05, 3.63) is 66.3 Å². The molecule has 24 heavy (non-hydrogen) atoms. The average molecular weight is 320 g/mol. The van der Waals surface area contributed by atoms with Gasteiger partial charge in [0.15, 0.2) is 0 Å². The highest BCUT2D eigenvalue weighted by Gasteiger charge is 2.37. The quantitative estimate of drug-likeness (QED) is 0.589. The SMILES string of the molecule is CC1C=C(c2ccccc2)C=CC1OC(=O)CC1CC2C=CC1C2. The van der Waals surface area contributed by atoms with Gasteiger partial charge in [-0.25, -0.2) is 0 Å². The molecular weight excluding hydrogens is 296 g/mol. The Labute approximate surface area is 143 Å². The molecule has 0 heterocycles. The highest BCUT2D eigenvalue weighted by Crippen LogP contribution is 2.45. The van der Waals surface area contributed by atoms with Crippen molar-refractivity contribution in [2.24, 2.45) is 23.7 Å². The first-order chi connectivity index (χ1) is 11.7. The molecule has 5 atom stereocenters. The van der Waals surface area contributed by atoms with Crippen LogP contribution in [0.4, 0.5) is 0 Å². The first-order valence-corrected chi connectivity index (χ1v) is 9.02. The highest BCUT2D eigenvalue weighted by atomic mass is 16.5. The fraction of sp³-hybridized carbons (Fsp3) is 0.409. The molecule has 2 heteroatoms. The molecule has 0 radical (unpaired) electrons. The monoisotopic (exact) mass is 320 g/mol. The molecule has 0 N–H and O–H groups in total. The van der Waals surface area contributed by atoms with E-state index in [4.69, 9.17) is 4.74 Å². The second-order valence-electron chi connectivity index (χ2n) is 7.41. The van der Waals surface area contributed by atoms with Gasteiger partial charge in [0.25, 0.3) is 0 Å². The van der Waals surface area contributed by atoms with Crippen LogP contribution in [0.5, 0.6) is 0 Å². The topological polar surface area (TPSA) is 26.3 Å². The van der Waals surface area contributed by atoms with E-state index in [2.05, 4.69) is 43.4 Å². The summed E-state index contributed by atoms with van der Waals surface area (Å²) in [5, 5.41) is 0. The van der Waals surface area contributed by atoms with Crippen molar-refractivity contribution < 1.29 is 9.53 Å². The van der Waals surface area contributed by atoms with Gasteiger partial charge in [-0.3, -0.25) is 4.79 Å². The van der Waals surface area contributed by atoms with Crippen LogP contribution in [0.3, 0.4) is 0 Å². The Morgan fingerprint density at radius 3 is 2.62 bits per heavy atom. The number of carbonyl (C=O) groups excluding carboxylic acids is 1. The molecule has 0 amide bonds. The van der Waals surface area contributed by atoms with Gasteiger partial charge in [-0.05, 0) is 47.8 Å². The normalized spacial score (nSPS) is 33.5. The van der Waals surface area contributed by atoms with Crippen LogP contribution in [0.1, 0.15) is 31.7 Å². The molecule has 1 aromatic carbocycles. The summed E-state index contributed by atoms with van der Waals surface area (Å²) >= 11 is 0. The van der Waals surface area contributed by atoms with Crippen LogP contribution in [0.25, 0.3) is 5.57 Å². The second kappa shape index (κ2) is 6.43. The average Bonchev–Trinajstić information content (AvgIpc) is 3.20. The van der Waals surface area contributed by atoms with Gasteiger partial charge in [0, 0.05) is 12.3 Å². The van der Waals surface area contributed by atoms with Crippen LogP contribution in [0, 0.1) is 23.7 Å².